The normalized spacial score (nSPS) is 21.6. The first-order valence-corrected chi connectivity index (χ1v) is 8.86. The van der Waals surface area contributed by atoms with Gasteiger partial charge in [0, 0.05) is 10.4 Å². The molecule has 1 aromatic heterocycles. The molecule has 9 heteroatoms. The molecule has 0 aliphatic carbocycles. The van der Waals surface area contributed by atoms with Gasteiger partial charge in [-0.05, 0) is 53.2 Å². The van der Waals surface area contributed by atoms with Gasteiger partial charge in [-0.25, -0.2) is 13.6 Å². The smallest absolute Gasteiger partial charge is 0.325 e. The number of amides is 3. The van der Waals surface area contributed by atoms with Crippen molar-refractivity contribution in [1.82, 2.24) is 10.2 Å². The van der Waals surface area contributed by atoms with E-state index < -0.39 is 41.8 Å². The lowest BCUT2D eigenvalue weighted by molar-refractivity contribution is -0.132. The molecule has 2 aromatic rings. The summed E-state index contributed by atoms with van der Waals surface area (Å²) in [4.78, 5) is 26.4. The van der Waals surface area contributed by atoms with Crippen molar-refractivity contribution in [3.8, 4) is 0 Å². The van der Waals surface area contributed by atoms with E-state index in [1.54, 1.807) is 19.1 Å². The second kappa shape index (κ2) is 6.47. The number of β-amino-alcohol motifs (C(OH)–C–C–N with tert-alkyl or cyclic N) is 1. The number of aliphatic hydroxyl groups excluding tert-OH is 1. The number of aliphatic hydroxyl groups is 1. The lowest BCUT2D eigenvalue weighted by Gasteiger charge is -2.21. The van der Waals surface area contributed by atoms with Crippen molar-refractivity contribution in [2.45, 2.75) is 18.6 Å². The van der Waals surface area contributed by atoms with E-state index in [-0.39, 0.29) is 5.56 Å². The van der Waals surface area contributed by atoms with E-state index in [9.17, 15) is 23.5 Å². The predicted molar refractivity (Wildman–Crippen MR) is 90.9 cm³/mol. The molecule has 0 saturated carbocycles. The van der Waals surface area contributed by atoms with Crippen molar-refractivity contribution in [3.05, 3.63) is 56.2 Å². The topological polar surface area (TPSA) is 69.6 Å². The van der Waals surface area contributed by atoms with Crippen LogP contribution >= 0.6 is 27.3 Å². The molecule has 1 saturated heterocycles. The van der Waals surface area contributed by atoms with Crippen molar-refractivity contribution < 1.29 is 23.5 Å². The molecule has 25 heavy (non-hydrogen) atoms. The van der Waals surface area contributed by atoms with Crippen LogP contribution in [0, 0.1) is 11.6 Å². The Morgan fingerprint density at radius 1 is 1.32 bits per heavy atom. The fourth-order valence-corrected chi connectivity index (χ4v) is 4.13. The van der Waals surface area contributed by atoms with Gasteiger partial charge in [0.2, 0.25) is 0 Å². The summed E-state index contributed by atoms with van der Waals surface area (Å²) in [5.74, 6) is -2.10. The zero-order chi connectivity index (χ0) is 18.4. The van der Waals surface area contributed by atoms with Crippen molar-refractivity contribution in [3.63, 3.8) is 0 Å². The molecule has 1 fully saturated rings. The number of nitrogens with one attached hydrogen (secondary N) is 1. The summed E-state index contributed by atoms with van der Waals surface area (Å²) in [5, 5.41) is 12.8. The van der Waals surface area contributed by atoms with Gasteiger partial charge in [-0.2, -0.15) is 0 Å². The van der Waals surface area contributed by atoms with E-state index >= 15 is 0 Å². The quantitative estimate of drug-likeness (QED) is 0.731. The van der Waals surface area contributed by atoms with Gasteiger partial charge in [-0.15, -0.1) is 11.3 Å². The second-order valence-electron chi connectivity index (χ2n) is 5.76. The average molecular weight is 431 g/mol. The third kappa shape index (κ3) is 3.19. The molecule has 1 aromatic carbocycles. The summed E-state index contributed by atoms with van der Waals surface area (Å²) in [7, 11) is 0. The van der Waals surface area contributed by atoms with E-state index in [0.717, 1.165) is 26.9 Å². The van der Waals surface area contributed by atoms with Gasteiger partial charge < -0.3 is 10.4 Å². The Balaban J connectivity index is 1.85. The third-order valence-corrected chi connectivity index (χ3v) is 5.86. The molecule has 0 radical (unpaired) electrons. The zero-order valence-corrected chi connectivity index (χ0v) is 15.3. The van der Waals surface area contributed by atoms with Crippen LogP contribution in [0.5, 0.6) is 0 Å². The minimum absolute atomic E-state index is 0.312. The Kier molecular flexibility index (Phi) is 4.65. The van der Waals surface area contributed by atoms with Crippen LogP contribution in [-0.4, -0.2) is 28.5 Å². The maximum atomic E-state index is 13.8. The lowest BCUT2D eigenvalue weighted by atomic mass is 10.0. The molecule has 2 unspecified atom stereocenters. The predicted octanol–water partition coefficient (Wildman–Crippen LogP) is 3.29. The molecular formula is C16H13BrF2N2O3S. The monoisotopic (exact) mass is 430 g/mol. The fourth-order valence-electron chi connectivity index (χ4n) is 2.65. The largest absolute Gasteiger partial charge is 0.386 e. The maximum Gasteiger partial charge on any atom is 0.325 e. The molecule has 1 aliphatic heterocycles. The molecule has 2 atom stereocenters. The maximum absolute atomic E-state index is 13.8. The highest BCUT2D eigenvalue weighted by molar-refractivity contribution is 9.11. The highest BCUT2D eigenvalue weighted by Gasteiger charge is 2.50. The molecule has 3 rings (SSSR count). The van der Waals surface area contributed by atoms with E-state index in [1.165, 1.54) is 11.3 Å². The number of urea groups is 1. The van der Waals surface area contributed by atoms with Crippen LogP contribution in [0.3, 0.4) is 0 Å². The number of rotatable bonds is 4. The molecular weight excluding hydrogens is 418 g/mol. The van der Waals surface area contributed by atoms with Gasteiger partial charge in [0.05, 0.1) is 10.3 Å². The molecule has 2 heterocycles. The number of imide groups is 1. The number of carbonyl (C=O) groups is 2. The Bertz CT molecular complexity index is 860. The Labute approximate surface area is 154 Å². The first-order chi connectivity index (χ1) is 11.7. The van der Waals surface area contributed by atoms with Crippen molar-refractivity contribution in [2.75, 3.05) is 6.54 Å². The molecule has 5 nitrogen and oxygen atoms in total. The second-order valence-corrected chi connectivity index (χ2v) is 8.22. The summed E-state index contributed by atoms with van der Waals surface area (Å²) in [5.41, 5.74) is -1.58. The number of halogens is 3. The summed E-state index contributed by atoms with van der Waals surface area (Å²) >= 11 is 4.60. The van der Waals surface area contributed by atoms with Crippen LogP contribution in [0.25, 0.3) is 0 Å². The van der Waals surface area contributed by atoms with Crippen LogP contribution in [0.4, 0.5) is 13.6 Å². The van der Waals surface area contributed by atoms with Gasteiger partial charge in [-0.3, -0.25) is 9.69 Å². The Morgan fingerprint density at radius 3 is 2.68 bits per heavy atom. The van der Waals surface area contributed by atoms with Gasteiger partial charge >= 0.3 is 6.03 Å². The number of benzene rings is 1. The first kappa shape index (κ1) is 18.0. The minimum atomic E-state index is -1.54. The van der Waals surface area contributed by atoms with Crippen LogP contribution in [-0.2, 0) is 10.3 Å². The third-order valence-electron chi connectivity index (χ3n) is 4.01. The first-order valence-electron chi connectivity index (χ1n) is 7.25. The van der Waals surface area contributed by atoms with Crippen LogP contribution in [0.2, 0.25) is 0 Å². The molecule has 0 spiro atoms. The number of nitrogens with zero attached hydrogens (tertiary/aromatic N) is 1. The SMILES string of the molecule is CC1(c2ccc(Br)s2)NC(=O)N(CC(O)c2cc(F)ccc2F)C1=O. The molecule has 0 bridgehead atoms. The summed E-state index contributed by atoms with van der Waals surface area (Å²) in [6, 6.07) is 5.41. The number of carbonyl (C=O) groups excluding carboxylic acids is 2. The number of hydrogen-bond donors (Lipinski definition) is 2. The van der Waals surface area contributed by atoms with Gasteiger partial charge in [-0.1, -0.05) is 0 Å². The summed E-state index contributed by atoms with van der Waals surface area (Å²) < 4.78 is 27.9. The Morgan fingerprint density at radius 2 is 2.04 bits per heavy atom. The van der Waals surface area contributed by atoms with Crippen LogP contribution < -0.4 is 5.32 Å². The van der Waals surface area contributed by atoms with E-state index in [4.69, 9.17) is 0 Å². The lowest BCUT2D eigenvalue weighted by Crippen LogP contribution is -2.40. The van der Waals surface area contributed by atoms with Crippen molar-refractivity contribution in [2.24, 2.45) is 0 Å². The highest BCUT2D eigenvalue weighted by Crippen LogP contribution is 2.36. The zero-order valence-electron chi connectivity index (χ0n) is 12.9. The number of thiophene rings is 1. The molecule has 3 amide bonds. The average Bonchev–Trinajstić information content (AvgIpc) is 3.08. The standard InChI is InChI=1S/C16H13BrF2N2O3S/c1-16(12-4-5-13(17)25-12)14(23)21(15(24)20-16)7-11(22)9-6-8(18)2-3-10(9)19/h2-6,11,22H,7H2,1H3,(H,20,24). The van der Waals surface area contributed by atoms with Crippen LogP contribution in [0.15, 0.2) is 34.1 Å². The van der Waals surface area contributed by atoms with Crippen LogP contribution in [0.1, 0.15) is 23.5 Å². The van der Waals surface area contributed by atoms with E-state index in [2.05, 4.69) is 21.2 Å². The summed E-state index contributed by atoms with van der Waals surface area (Å²) in [6.07, 6.45) is -1.54. The highest BCUT2D eigenvalue weighted by atomic mass is 79.9. The summed E-state index contributed by atoms with van der Waals surface area (Å²) in [6.45, 7) is 1.08. The van der Waals surface area contributed by atoms with E-state index in [1.807, 2.05) is 0 Å². The van der Waals surface area contributed by atoms with Gasteiger partial charge in [0.15, 0.2) is 5.54 Å². The van der Waals surface area contributed by atoms with Gasteiger partial charge in [0.25, 0.3) is 5.91 Å². The number of hydrogen-bond acceptors (Lipinski definition) is 4. The van der Waals surface area contributed by atoms with Crippen molar-refractivity contribution in [1.29, 1.82) is 0 Å². The molecule has 2 N–H and O–H groups in total. The van der Waals surface area contributed by atoms with Gasteiger partial charge in [0.1, 0.15) is 17.7 Å². The molecule has 1 aliphatic rings. The van der Waals surface area contributed by atoms with E-state index in [0.29, 0.717) is 4.88 Å². The van der Waals surface area contributed by atoms with Crippen molar-refractivity contribution >= 4 is 39.2 Å². The Hall–Kier alpha value is -1.84. The fraction of sp³-hybridized carbons (Fsp3) is 0.250. The minimum Gasteiger partial charge on any atom is -0.386 e. The molecule has 132 valence electrons.